The lowest BCUT2D eigenvalue weighted by molar-refractivity contribution is 0.475. The standard InChI is InChI=1S/C20H16ClN5O/c1-11-2-4-12(5-3-11)17-18(27)20(25-10-24-17)26-15-7-6-14-13(16(15)21)8-9-23-19(14)22/h2-10,27H,1H3,(H2,22,23)(H,24,25,26). The van der Waals surface area contributed by atoms with Crippen molar-refractivity contribution < 1.29 is 5.11 Å². The number of nitrogens with two attached hydrogens (primary N) is 1. The number of aryl methyl sites for hydroxylation is 1. The molecule has 0 saturated carbocycles. The fraction of sp³-hybridized carbons (Fsp3) is 0.0500. The molecule has 0 aliphatic rings. The Bertz CT molecular complexity index is 1150. The van der Waals surface area contributed by atoms with Crippen LogP contribution in [0, 0.1) is 6.92 Å². The first-order valence-corrected chi connectivity index (χ1v) is 8.63. The van der Waals surface area contributed by atoms with Crippen LogP contribution < -0.4 is 11.1 Å². The normalized spacial score (nSPS) is 10.9. The summed E-state index contributed by atoms with van der Waals surface area (Å²) < 4.78 is 0. The van der Waals surface area contributed by atoms with Crippen LogP contribution in [0.1, 0.15) is 5.56 Å². The van der Waals surface area contributed by atoms with E-state index in [1.165, 1.54) is 6.33 Å². The maximum absolute atomic E-state index is 10.7. The molecule has 134 valence electrons. The number of aromatic hydroxyl groups is 1. The molecule has 0 spiro atoms. The number of fused-ring (bicyclic) bond motifs is 1. The van der Waals surface area contributed by atoms with Gasteiger partial charge in [-0.25, -0.2) is 15.0 Å². The summed E-state index contributed by atoms with van der Waals surface area (Å²) >= 11 is 6.52. The van der Waals surface area contributed by atoms with Gasteiger partial charge in [-0.2, -0.15) is 0 Å². The van der Waals surface area contributed by atoms with Crippen molar-refractivity contribution in [2.45, 2.75) is 6.92 Å². The number of halogens is 1. The third-order valence-electron chi connectivity index (χ3n) is 4.31. The average Bonchev–Trinajstić information content (AvgIpc) is 2.67. The lowest BCUT2D eigenvalue weighted by Gasteiger charge is -2.13. The molecule has 0 bridgehead atoms. The van der Waals surface area contributed by atoms with Crippen LogP contribution in [0.3, 0.4) is 0 Å². The van der Waals surface area contributed by atoms with Crippen molar-refractivity contribution in [3.05, 3.63) is 65.6 Å². The fourth-order valence-corrected chi connectivity index (χ4v) is 3.13. The maximum Gasteiger partial charge on any atom is 0.185 e. The summed E-state index contributed by atoms with van der Waals surface area (Å²) in [5, 5.41) is 15.7. The number of rotatable bonds is 3. The lowest BCUT2D eigenvalue weighted by atomic mass is 10.1. The largest absolute Gasteiger partial charge is 0.503 e. The zero-order valence-corrected chi connectivity index (χ0v) is 15.2. The molecule has 2 aromatic heterocycles. The molecule has 4 N–H and O–H groups in total. The first-order chi connectivity index (χ1) is 13.0. The molecule has 0 fully saturated rings. The highest BCUT2D eigenvalue weighted by Gasteiger charge is 2.15. The number of nitrogens with zero attached hydrogens (tertiary/aromatic N) is 3. The highest BCUT2D eigenvalue weighted by molar-refractivity contribution is 6.38. The minimum absolute atomic E-state index is 0.0493. The van der Waals surface area contributed by atoms with Crippen LogP contribution in [0.25, 0.3) is 22.0 Å². The number of hydrogen-bond donors (Lipinski definition) is 3. The van der Waals surface area contributed by atoms with Crippen LogP contribution in [0.15, 0.2) is 55.0 Å². The van der Waals surface area contributed by atoms with Gasteiger partial charge in [0.15, 0.2) is 11.6 Å². The van der Waals surface area contributed by atoms with Gasteiger partial charge in [0.25, 0.3) is 0 Å². The Morgan fingerprint density at radius 1 is 0.963 bits per heavy atom. The monoisotopic (exact) mass is 377 g/mol. The van der Waals surface area contributed by atoms with E-state index in [0.29, 0.717) is 22.2 Å². The van der Waals surface area contributed by atoms with Crippen molar-refractivity contribution >= 4 is 39.7 Å². The number of nitrogen functional groups attached to an aromatic ring is 1. The Kier molecular flexibility index (Phi) is 4.25. The predicted molar refractivity (Wildman–Crippen MR) is 108 cm³/mol. The van der Waals surface area contributed by atoms with Crippen LogP contribution >= 0.6 is 11.6 Å². The highest BCUT2D eigenvalue weighted by Crippen LogP contribution is 2.38. The van der Waals surface area contributed by atoms with Crippen LogP contribution in [-0.4, -0.2) is 20.1 Å². The molecule has 0 aliphatic heterocycles. The third kappa shape index (κ3) is 3.11. The highest BCUT2D eigenvalue weighted by atomic mass is 35.5. The Labute approximate surface area is 160 Å². The molecule has 6 nitrogen and oxygen atoms in total. The van der Waals surface area contributed by atoms with Crippen molar-refractivity contribution in [1.29, 1.82) is 0 Å². The number of nitrogens with one attached hydrogen (secondary N) is 1. The van der Waals surface area contributed by atoms with Gasteiger partial charge in [0, 0.05) is 22.5 Å². The van der Waals surface area contributed by atoms with E-state index in [0.717, 1.165) is 21.9 Å². The summed E-state index contributed by atoms with van der Waals surface area (Å²) in [7, 11) is 0. The molecule has 4 aromatic rings. The second-order valence-corrected chi connectivity index (χ2v) is 6.51. The summed E-state index contributed by atoms with van der Waals surface area (Å²) in [5.74, 6) is 0.628. The van der Waals surface area contributed by atoms with Crippen LogP contribution in [0.4, 0.5) is 17.3 Å². The molecule has 7 heteroatoms. The summed E-state index contributed by atoms with van der Waals surface area (Å²) in [6.07, 6.45) is 3.00. The van der Waals surface area contributed by atoms with Crippen molar-refractivity contribution in [2.24, 2.45) is 0 Å². The zero-order chi connectivity index (χ0) is 19.0. The Balaban J connectivity index is 1.75. The minimum atomic E-state index is -0.0493. The summed E-state index contributed by atoms with van der Waals surface area (Å²) in [5.41, 5.74) is 8.86. The van der Waals surface area contributed by atoms with Crippen molar-refractivity contribution in [2.75, 3.05) is 11.1 Å². The van der Waals surface area contributed by atoms with Gasteiger partial charge in [0.1, 0.15) is 17.8 Å². The molecule has 4 rings (SSSR count). The smallest absolute Gasteiger partial charge is 0.185 e. The quantitative estimate of drug-likeness (QED) is 0.479. The van der Waals surface area contributed by atoms with E-state index in [9.17, 15) is 5.11 Å². The number of benzene rings is 2. The van der Waals surface area contributed by atoms with Gasteiger partial charge >= 0.3 is 0 Å². The van der Waals surface area contributed by atoms with Gasteiger partial charge in [0.05, 0.1) is 10.7 Å². The molecule has 27 heavy (non-hydrogen) atoms. The lowest BCUT2D eigenvalue weighted by Crippen LogP contribution is -1.99. The van der Waals surface area contributed by atoms with Gasteiger partial charge < -0.3 is 16.2 Å². The van der Waals surface area contributed by atoms with Crippen LogP contribution in [-0.2, 0) is 0 Å². The number of anilines is 3. The summed E-state index contributed by atoms with van der Waals surface area (Å²) in [6, 6.07) is 13.1. The van der Waals surface area contributed by atoms with E-state index in [4.69, 9.17) is 17.3 Å². The van der Waals surface area contributed by atoms with Gasteiger partial charge in [-0.3, -0.25) is 0 Å². The number of pyridine rings is 1. The Morgan fingerprint density at radius 3 is 2.52 bits per heavy atom. The maximum atomic E-state index is 10.7. The number of hydrogen-bond acceptors (Lipinski definition) is 6. The van der Waals surface area contributed by atoms with E-state index in [1.807, 2.05) is 37.3 Å². The molecule has 0 atom stereocenters. The summed E-state index contributed by atoms with van der Waals surface area (Å²) in [4.78, 5) is 12.4. The molecule has 0 aliphatic carbocycles. The average molecular weight is 378 g/mol. The predicted octanol–water partition coefficient (Wildman–Crippen LogP) is 4.69. The molecule has 2 heterocycles. The molecule has 0 amide bonds. The summed E-state index contributed by atoms with van der Waals surface area (Å²) in [6.45, 7) is 2.00. The zero-order valence-electron chi connectivity index (χ0n) is 14.4. The van der Waals surface area contributed by atoms with E-state index < -0.39 is 0 Å². The van der Waals surface area contributed by atoms with Gasteiger partial charge in [0.2, 0.25) is 0 Å². The topological polar surface area (TPSA) is 97.0 Å². The minimum Gasteiger partial charge on any atom is -0.503 e. The van der Waals surface area contributed by atoms with E-state index >= 15 is 0 Å². The van der Waals surface area contributed by atoms with Gasteiger partial charge in [-0.05, 0) is 25.1 Å². The van der Waals surface area contributed by atoms with E-state index in [1.54, 1.807) is 18.3 Å². The first kappa shape index (κ1) is 17.1. The van der Waals surface area contributed by atoms with Crippen molar-refractivity contribution in [3.63, 3.8) is 0 Å². The molecule has 0 unspecified atom stereocenters. The van der Waals surface area contributed by atoms with Gasteiger partial charge in [-0.15, -0.1) is 0 Å². The molecule has 0 saturated heterocycles. The van der Waals surface area contributed by atoms with Crippen molar-refractivity contribution in [1.82, 2.24) is 15.0 Å². The molecule has 0 radical (unpaired) electrons. The Morgan fingerprint density at radius 2 is 1.74 bits per heavy atom. The van der Waals surface area contributed by atoms with Crippen molar-refractivity contribution in [3.8, 4) is 17.0 Å². The van der Waals surface area contributed by atoms with Gasteiger partial charge in [-0.1, -0.05) is 41.4 Å². The Hall–Kier alpha value is -3.38. The van der Waals surface area contributed by atoms with E-state index in [2.05, 4.69) is 20.3 Å². The fourth-order valence-electron chi connectivity index (χ4n) is 2.86. The second kappa shape index (κ2) is 6.74. The SMILES string of the molecule is Cc1ccc(-c2ncnc(Nc3ccc4c(N)nccc4c3Cl)c2O)cc1. The molecule has 2 aromatic carbocycles. The number of aromatic nitrogens is 3. The molecular formula is C20H16ClN5O. The van der Waals surface area contributed by atoms with Crippen LogP contribution in [0.5, 0.6) is 5.75 Å². The second-order valence-electron chi connectivity index (χ2n) is 6.13. The van der Waals surface area contributed by atoms with E-state index in [-0.39, 0.29) is 11.6 Å². The first-order valence-electron chi connectivity index (χ1n) is 8.25. The van der Waals surface area contributed by atoms with Crippen LogP contribution in [0.2, 0.25) is 5.02 Å². The third-order valence-corrected chi connectivity index (χ3v) is 4.72. The molecular weight excluding hydrogens is 362 g/mol.